The fraction of sp³-hybridized carbons (Fsp3) is 0. The van der Waals surface area contributed by atoms with Crippen LogP contribution in [-0.4, -0.2) is 4.98 Å². The molecule has 2 N–H and O–H groups in total. The average Bonchev–Trinajstić information content (AvgIpc) is 2.84. The Morgan fingerprint density at radius 3 is 2.60 bits per heavy atom. The standard InChI is InChI=1S/C15H10BrClN2S/c16-10-6-7-12(17)11(8-10)13-14(18)20-15(19-13)9-4-2-1-3-5-9/h1-8H,18H2. The Morgan fingerprint density at radius 2 is 1.85 bits per heavy atom. The Bertz CT molecular complexity index is 756. The first kappa shape index (κ1) is 13.6. The molecule has 0 saturated carbocycles. The van der Waals surface area contributed by atoms with Crippen molar-refractivity contribution in [3.8, 4) is 21.8 Å². The number of nitrogens with two attached hydrogens (primary N) is 1. The second kappa shape index (κ2) is 5.56. The zero-order valence-electron chi connectivity index (χ0n) is 10.3. The van der Waals surface area contributed by atoms with Crippen LogP contribution in [0, 0.1) is 0 Å². The Hall–Kier alpha value is -1.36. The molecule has 0 amide bonds. The van der Waals surface area contributed by atoms with E-state index in [2.05, 4.69) is 20.9 Å². The topological polar surface area (TPSA) is 38.9 Å². The van der Waals surface area contributed by atoms with Crippen LogP contribution in [0.5, 0.6) is 0 Å². The van der Waals surface area contributed by atoms with Gasteiger partial charge in [0, 0.05) is 15.6 Å². The van der Waals surface area contributed by atoms with Gasteiger partial charge in [-0.25, -0.2) is 4.98 Å². The summed E-state index contributed by atoms with van der Waals surface area (Å²) in [6, 6.07) is 15.6. The van der Waals surface area contributed by atoms with Crippen molar-refractivity contribution in [2.75, 3.05) is 5.73 Å². The molecule has 2 aromatic carbocycles. The zero-order valence-corrected chi connectivity index (χ0v) is 13.5. The molecule has 0 unspecified atom stereocenters. The van der Waals surface area contributed by atoms with Crippen LogP contribution < -0.4 is 5.73 Å². The van der Waals surface area contributed by atoms with Gasteiger partial charge in [0.05, 0.1) is 5.02 Å². The van der Waals surface area contributed by atoms with Gasteiger partial charge in [-0.1, -0.05) is 69.2 Å². The van der Waals surface area contributed by atoms with Gasteiger partial charge in [0.25, 0.3) is 0 Å². The van der Waals surface area contributed by atoms with Gasteiger partial charge in [-0.05, 0) is 18.2 Å². The number of halogens is 2. The average molecular weight is 366 g/mol. The molecule has 0 radical (unpaired) electrons. The van der Waals surface area contributed by atoms with Gasteiger partial charge in [-0.2, -0.15) is 0 Å². The molecule has 0 saturated heterocycles. The predicted octanol–water partition coefficient (Wildman–Crippen LogP) is 5.48. The highest BCUT2D eigenvalue weighted by Crippen LogP contribution is 2.39. The molecule has 1 heterocycles. The van der Waals surface area contributed by atoms with Gasteiger partial charge in [-0.15, -0.1) is 0 Å². The number of hydrogen-bond donors (Lipinski definition) is 1. The third kappa shape index (κ3) is 2.59. The number of anilines is 1. The monoisotopic (exact) mass is 364 g/mol. The Balaban J connectivity index is 2.12. The van der Waals surface area contributed by atoms with E-state index in [-0.39, 0.29) is 0 Å². The van der Waals surface area contributed by atoms with Gasteiger partial charge in [0.1, 0.15) is 15.7 Å². The van der Waals surface area contributed by atoms with Crippen LogP contribution in [0.2, 0.25) is 5.02 Å². The molecule has 0 atom stereocenters. The molecule has 5 heteroatoms. The molecule has 1 aromatic heterocycles. The summed E-state index contributed by atoms with van der Waals surface area (Å²) in [5.74, 6) is 0. The lowest BCUT2D eigenvalue weighted by molar-refractivity contribution is 1.40. The maximum atomic E-state index is 6.25. The lowest BCUT2D eigenvalue weighted by Crippen LogP contribution is -1.87. The van der Waals surface area contributed by atoms with E-state index in [1.807, 2.05) is 48.5 Å². The minimum Gasteiger partial charge on any atom is -0.389 e. The first-order valence-corrected chi connectivity index (χ1v) is 7.91. The Labute approximate surface area is 134 Å². The SMILES string of the molecule is Nc1sc(-c2ccccc2)nc1-c1cc(Br)ccc1Cl. The molecule has 0 aliphatic carbocycles. The molecule has 0 aliphatic rings. The highest BCUT2D eigenvalue weighted by atomic mass is 79.9. The van der Waals surface area contributed by atoms with Crippen molar-refractivity contribution in [2.45, 2.75) is 0 Å². The van der Waals surface area contributed by atoms with Crippen LogP contribution in [0.1, 0.15) is 0 Å². The van der Waals surface area contributed by atoms with E-state index >= 15 is 0 Å². The van der Waals surface area contributed by atoms with E-state index in [9.17, 15) is 0 Å². The third-order valence-corrected chi connectivity index (χ3v) is 4.61. The van der Waals surface area contributed by atoms with E-state index in [1.54, 1.807) is 0 Å². The fourth-order valence-electron chi connectivity index (χ4n) is 1.91. The number of thiazole rings is 1. The molecule has 20 heavy (non-hydrogen) atoms. The van der Waals surface area contributed by atoms with E-state index in [0.29, 0.717) is 10.0 Å². The quantitative estimate of drug-likeness (QED) is 0.653. The summed E-state index contributed by atoms with van der Waals surface area (Å²) in [5, 5.41) is 2.21. The third-order valence-electron chi connectivity index (χ3n) is 2.86. The molecule has 0 aliphatic heterocycles. The lowest BCUT2D eigenvalue weighted by atomic mass is 10.1. The summed E-state index contributed by atoms with van der Waals surface area (Å²) in [7, 11) is 0. The number of nitrogens with zero attached hydrogens (tertiary/aromatic N) is 1. The normalized spacial score (nSPS) is 10.7. The van der Waals surface area contributed by atoms with Crippen molar-refractivity contribution in [1.82, 2.24) is 4.98 Å². The van der Waals surface area contributed by atoms with Crippen molar-refractivity contribution in [3.05, 3.63) is 58.0 Å². The van der Waals surface area contributed by atoms with Crippen molar-refractivity contribution >= 4 is 43.9 Å². The van der Waals surface area contributed by atoms with Crippen molar-refractivity contribution in [3.63, 3.8) is 0 Å². The number of nitrogen functional groups attached to an aromatic ring is 1. The molecule has 3 aromatic rings. The highest BCUT2D eigenvalue weighted by molar-refractivity contribution is 9.10. The number of aromatic nitrogens is 1. The van der Waals surface area contributed by atoms with Gasteiger partial charge >= 0.3 is 0 Å². The number of hydrogen-bond acceptors (Lipinski definition) is 3. The van der Waals surface area contributed by atoms with Gasteiger partial charge in [0.2, 0.25) is 0 Å². The van der Waals surface area contributed by atoms with Crippen LogP contribution in [0.25, 0.3) is 21.8 Å². The van der Waals surface area contributed by atoms with Crippen LogP contribution in [0.3, 0.4) is 0 Å². The zero-order chi connectivity index (χ0) is 14.1. The molecule has 0 spiro atoms. The van der Waals surface area contributed by atoms with Crippen molar-refractivity contribution in [2.24, 2.45) is 0 Å². The summed E-state index contributed by atoms with van der Waals surface area (Å²) in [4.78, 5) is 4.64. The second-order valence-corrected chi connectivity index (χ2v) is 6.58. The fourth-order valence-corrected chi connectivity index (χ4v) is 3.33. The number of benzene rings is 2. The van der Waals surface area contributed by atoms with Crippen molar-refractivity contribution < 1.29 is 0 Å². The maximum absolute atomic E-state index is 6.25. The second-order valence-electron chi connectivity index (χ2n) is 4.22. The molecule has 0 bridgehead atoms. The molecule has 0 fully saturated rings. The van der Waals surface area contributed by atoms with E-state index < -0.39 is 0 Å². The first-order chi connectivity index (χ1) is 9.65. The van der Waals surface area contributed by atoms with E-state index in [0.717, 1.165) is 26.3 Å². The minimum atomic E-state index is 0.643. The van der Waals surface area contributed by atoms with E-state index in [1.165, 1.54) is 11.3 Å². The van der Waals surface area contributed by atoms with Crippen LogP contribution >= 0.6 is 38.9 Å². The van der Waals surface area contributed by atoms with Crippen LogP contribution in [0.15, 0.2) is 53.0 Å². The maximum Gasteiger partial charge on any atom is 0.126 e. The largest absolute Gasteiger partial charge is 0.389 e. The van der Waals surface area contributed by atoms with Crippen LogP contribution in [-0.2, 0) is 0 Å². The van der Waals surface area contributed by atoms with E-state index in [4.69, 9.17) is 17.3 Å². The first-order valence-electron chi connectivity index (χ1n) is 5.92. The van der Waals surface area contributed by atoms with Gasteiger partial charge in [-0.3, -0.25) is 0 Å². The summed E-state index contributed by atoms with van der Waals surface area (Å²) in [6.07, 6.45) is 0. The van der Waals surface area contributed by atoms with Crippen LogP contribution in [0.4, 0.5) is 5.00 Å². The Morgan fingerprint density at radius 1 is 1.10 bits per heavy atom. The highest BCUT2D eigenvalue weighted by Gasteiger charge is 2.14. The Kier molecular flexibility index (Phi) is 3.78. The molecular formula is C15H10BrClN2S. The summed E-state index contributed by atoms with van der Waals surface area (Å²) in [5.41, 5.74) is 8.75. The van der Waals surface area contributed by atoms with Gasteiger partial charge < -0.3 is 5.73 Å². The molecular weight excluding hydrogens is 356 g/mol. The summed E-state index contributed by atoms with van der Waals surface area (Å²) in [6.45, 7) is 0. The van der Waals surface area contributed by atoms with Crippen molar-refractivity contribution in [1.29, 1.82) is 0 Å². The predicted molar refractivity (Wildman–Crippen MR) is 90.1 cm³/mol. The number of rotatable bonds is 2. The summed E-state index contributed by atoms with van der Waals surface area (Å²) >= 11 is 11.2. The minimum absolute atomic E-state index is 0.643. The molecule has 100 valence electrons. The molecule has 3 rings (SSSR count). The molecule has 2 nitrogen and oxygen atoms in total. The van der Waals surface area contributed by atoms with Gasteiger partial charge in [0.15, 0.2) is 0 Å². The smallest absolute Gasteiger partial charge is 0.126 e. The lowest BCUT2D eigenvalue weighted by Gasteiger charge is -2.02. The summed E-state index contributed by atoms with van der Waals surface area (Å²) < 4.78 is 0.950.